The van der Waals surface area contributed by atoms with Crippen LogP contribution in [0, 0.1) is 0 Å². The molecule has 19 heavy (non-hydrogen) atoms. The average Bonchev–Trinajstić information content (AvgIpc) is 2.47. The molecule has 1 aromatic heterocycles. The van der Waals surface area contributed by atoms with Crippen LogP contribution in [-0.2, 0) is 0 Å². The Morgan fingerprint density at radius 3 is 2.53 bits per heavy atom. The van der Waals surface area contributed by atoms with Crippen LogP contribution in [0.5, 0.6) is 0 Å². The second-order valence-electron chi connectivity index (χ2n) is 3.78. The molecule has 2 rings (SSSR count). The molecule has 0 amide bonds. The Kier molecular flexibility index (Phi) is 4.84. The summed E-state index contributed by atoms with van der Waals surface area (Å²) >= 11 is 2.84. The van der Waals surface area contributed by atoms with Gasteiger partial charge in [0.05, 0.1) is 0 Å². The predicted molar refractivity (Wildman–Crippen MR) is 78.9 cm³/mol. The summed E-state index contributed by atoms with van der Waals surface area (Å²) in [5, 5.41) is 4.23. The zero-order valence-electron chi connectivity index (χ0n) is 10.4. The molecule has 0 saturated carbocycles. The summed E-state index contributed by atoms with van der Waals surface area (Å²) in [7, 11) is 0. The molecule has 0 spiro atoms. The van der Waals surface area contributed by atoms with Gasteiger partial charge in [0.15, 0.2) is 0 Å². The van der Waals surface area contributed by atoms with Crippen molar-refractivity contribution in [2.24, 2.45) is 10.1 Å². The van der Waals surface area contributed by atoms with Crippen LogP contribution >= 0.6 is 0 Å². The molecule has 1 heterocycles. The zero-order valence-corrected chi connectivity index (χ0v) is 12.2. The van der Waals surface area contributed by atoms with Crippen LogP contribution in [-0.4, -0.2) is 31.4 Å². The topological polar surface area (TPSA) is 49.6 Å². The fraction of sp³-hybridized carbons (Fsp3) is 0.0714. The maximum absolute atomic E-state index is 4.35. The van der Waals surface area contributed by atoms with Gasteiger partial charge in [-0.1, -0.05) is 0 Å². The molecule has 0 fully saturated rings. The van der Waals surface area contributed by atoms with Gasteiger partial charge in [-0.15, -0.1) is 0 Å². The van der Waals surface area contributed by atoms with E-state index in [2.05, 4.69) is 36.5 Å². The molecule has 0 aliphatic carbocycles. The molecule has 0 bridgehead atoms. The molecule has 4 nitrogen and oxygen atoms in total. The van der Waals surface area contributed by atoms with Crippen LogP contribution in [0.2, 0.25) is 0 Å². The summed E-state index contributed by atoms with van der Waals surface area (Å²) in [5.74, 6) is 0. The van der Waals surface area contributed by atoms with Gasteiger partial charge in [0, 0.05) is 0 Å². The number of pyridine rings is 1. The van der Waals surface area contributed by atoms with Gasteiger partial charge in [0.25, 0.3) is 0 Å². The first-order valence-corrected chi connectivity index (χ1v) is 6.64. The van der Waals surface area contributed by atoms with Crippen molar-refractivity contribution in [2.45, 2.75) is 6.92 Å². The summed E-state index contributed by atoms with van der Waals surface area (Å²) in [4.78, 5) is 8.57. The van der Waals surface area contributed by atoms with Crippen molar-refractivity contribution in [1.82, 2.24) is 10.4 Å². The minimum atomic E-state index is 0.612. The van der Waals surface area contributed by atoms with Crippen LogP contribution in [0.1, 0.15) is 12.6 Å². The van der Waals surface area contributed by atoms with Crippen molar-refractivity contribution in [3.63, 3.8) is 0 Å². The third kappa shape index (κ3) is 4.32. The number of rotatable bonds is 3. The normalized spacial score (nSPS) is 12.3. The van der Waals surface area contributed by atoms with E-state index in [-0.39, 0.29) is 0 Å². The second-order valence-corrected chi connectivity index (χ2v) is 4.59. The molecule has 95 valence electrons. The quantitative estimate of drug-likeness (QED) is 0.409. The monoisotopic (exact) mass is 317 g/mol. The first kappa shape index (κ1) is 13.5. The molecule has 0 atom stereocenters. The van der Waals surface area contributed by atoms with E-state index in [0.29, 0.717) is 4.73 Å². The SMILES string of the molecule is CC(=NNC([Se])=Nc1ccccc1)c1ccccn1. The predicted octanol–water partition coefficient (Wildman–Crippen LogP) is 2.25. The zero-order chi connectivity index (χ0) is 13.5. The van der Waals surface area contributed by atoms with Gasteiger partial charge in [-0.25, -0.2) is 0 Å². The summed E-state index contributed by atoms with van der Waals surface area (Å²) in [5.41, 5.74) is 5.38. The summed E-state index contributed by atoms with van der Waals surface area (Å²) in [6.07, 6.45) is 1.74. The van der Waals surface area contributed by atoms with E-state index in [0.717, 1.165) is 17.1 Å². The Labute approximate surface area is 120 Å². The van der Waals surface area contributed by atoms with Crippen LogP contribution in [0.15, 0.2) is 64.8 Å². The molecule has 0 aliphatic rings. The number of hydrogen-bond acceptors (Lipinski definition) is 3. The molecule has 0 saturated heterocycles. The van der Waals surface area contributed by atoms with Crippen molar-refractivity contribution in [3.05, 3.63) is 60.4 Å². The van der Waals surface area contributed by atoms with Crippen molar-refractivity contribution < 1.29 is 0 Å². The Balaban J connectivity index is 2.04. The Hall–Kier alpha value is -1.97. The van der Waals surface area contributed by atoms with Crippen molar-refractivity contribution in [3.8, 4) is 0 Å². The molecule has 1 N–H and O–H groups in total. The van der Waals surface area contributed by atoms with Gasteiger partial charge in [0.2, 0.25) is 0 Å². The number of hydrogen-bond donors (Lipinski definition) is 1. The number of hydrazone groups is 1. The van der Waals surface area contributed by atoms with E-state index < -0.39 is 0 Å². The number of para-hydroxylation sites is 1. The number of amidine groups is 1. The van der Waals surface area contributed by atoms with Gasteiger partial charge in [0.1, 0.15) is 0 Å². The van der Waals surface area contributed by atoms with E-state index in [1.165, 1.54) is 0 Å². The average molecular weight is 316 g/mol. The molecule has 2 aromatic rings. The fourth-order valence-electron chi connectivity index (χ4n) is 1.41. The molecule has 0 unspecified atom stereocenters. The van der Waals surface area contributed by atoms with E-state index in [9.17, 15) is 0 Å². The van der Waals surface area contributed by atoms with Gasteiger partial charge in [-0.05, 0) is 0 Å². The molecule has 1 aromatic carbocycles. The van der Waals surface area contributed by atoms with E-state index in [1.54, 1.807) is 6.20 Å². The first-order chi connectivity index (χ1) is 9.25. The molecule has 5 heteroatoms. The van der Waals surface area contributed by atoms with Gasteiger partial charge in [-0.2, -0.15) is 0 Å². The van der Waals surface area contributed by atoms with Crippen LogP contribution in [0.25, 0.3) is 0 Å². The minimum absolute atomic E-state index is 0.612. The van der Waals surface area contributed by atoms with Crippen LogP contribution < -0.4 is 5.43 Å². The molecular formula is C14H13N4Se. The molecule has 1 radical (unpaired) electrons. The number of nitrogens with one attached hydrogen (secondary N) is 1. The third-order valence-corrected chi connectivity index (χ3v) is 2.72. The van der Waals surface area contributed by atoms with E-state index >= 15 is 0 Å². The van der Waals surface area contributed by atoms with Crippen molar-refractivity contribution in [2.75, 3.05) is 0 Å². The van der Waals surface area contributed by atoms with Crippen LogP contribution in [0.4, 0.5) is 5.69 Å². The summed E-state index contributed by atoms with van der Waals surface area (Å²) in [6, 6.07) is 15.4. The number of aromatic nitrogens is 1. The Bertz CT molecular complexity index is 579. The van der Waals surface area contributed by atoms with Crippen molar-refractivity contribution >= 4 is 32.1 Å². The maximum atomic E-state index is 4.35. The molecular weight excluding hydrogens is 303 g/mol. The summed E-state index contributed by atoms with van der Waals surface area (Å²) < 4.78 is 0.612. The van der Waals surface area contributed by atoms with Crippen LogP contribution in [0.3, 0.4) is 0 Å². The van der Waals surface area contributed by atoms with Crippen molar-refractivity contribution in [1.29, 1.82) is 0 Å². The molecule has 0 aliphatic heterocycles. The Morgan fingerprint density at radius 1 is 1.11 bits per heavy atom. The number of nitrogens with zero attached hydrogens (tertiary/aromatic N) is 3. The number of aliphatic imine (C=N–C) groups is 1. The third-order valence-electron chi connectivity index (χ3n) is 2.34. The summed E-state index contributed by atoms with van der Waals surface area (Å²) in [6.45, 7) is 1.89. The van der Waals surface area contributed by atoms with Gasteiger partial charge in [-0.3, -0.25) is 0 Å². The number of benzene rings is 1. The van der Waals surface area contributed by atoms with Gasteiger partial charge >= 0.3 is 120 Å². The van der Waals surface area contributed by atoms with E-state index in [1.807, 2.05) is 55.5 Å². The second kappa shape index (κ2) is 6.83. The standard InChI is InChI=1S/C14H13N4Se/c1-11(13-9-5-6-10-15-13)17-18-14(19)16-12-7-3-2-4-8-12/h2-10H,1H3,(H,16,18). The Morgan fingerprint density at radius 2 is 1.84 bits per heavy atom. The first-order valence-electron chi connectivity index (χ1n) is 5.78. The van der Waals surface area contributed by atoms with E-state index in [4.69, 9.17) is 0 Å². The fourth-order valence-corrected chi connectivity index (χ4v) is 1.73. The van der Waals surface area contributed by atoms with Gasteiger partial charge < -0.3 is 0 Å².